The molecule has 0 aliphatic rings. The summed E-state index contributed by atoms with van der Waals surface area (Å²) in [6.07, 6.45) is 1.41. The van der Waals surface area contributed by atoms with E-state index < -0.39 is 0 Å². The van der Waals surface area contributed by atoms with Crippen molar-refractivity contribution in [3.8, 4) is 16.9 Å². The topological polar surface area (TPSA) is 95.9 Å². The number of hydrogen-bond acceptors (Lipinski definition) is 7. The first kappa shape index (κ1) is 26.2. The van der Waals surface area contributed by atoms with E-state index in [1.54, 1.807) is 20.3 Å². The van der Waals surface area contributed by atoms with Crippen molar-refractivity contribution in [3.05, 3.63) is 76.8 Å². The second kappa shape index (κ2) is 14.2. The maximum atomic E-state index is 11.3. The summed E-state index contributed by atoms with van der Waals surface area (Å²) >= 11 is 7.01. The average molecular weight is 462 g/mol. The summed E-state index contributed by atoms with van der Waals surface area (Å²) in [5.74, 6) is -0.123. The SMILES string of the molecule is CO.COC.O=Cc1cc(Cl)c(O)c(SNc2cc(-c3ccccc3)ccc2C=O)c1. The van der Waals surface area contributed by atoms with Gasteiger partial charge in [-0.3, -0.25) is 9.59 Å². The molecule has 31 heavy (non-hydrogen) atoms. The Morgan fingerprint density at radius 1 is 0.935 bits per heavy atom. The Hall–Kier alpha value is -2.84. The molecular weight excluding hydrogens is 438 g/mol. The quantitative estimate of drug-likeness (QED) is 0.337. The molecular formula is C23H24ClNO5S. The van der Waals surface area contributed by atoms with Crippen molar-refractivity contribution in [2.24, 2.45) is 0 Å². The number of aliphatic hydroxyl groups excluding tert-OH is 1. The van der Waals surface area contributed by atoms with Crippen LogP contribution in [0, 0.1) is 0 Å². The van der Waals surface area contributed by atoms with E-state index in [1.165, 1.54) is 12.1 Å². The Labute approximate surface area is 191 Å². The molecule has 3 N–H and O–H groups in total. The number of phenolic OH excluding ortho intramolecular Hbond substituents is 1. The molecule has 8 heteroatoms. The highest BCUT2D eigenvalue weighted by Crippen LogP contribution is 2.37. The smallest absolute Gasteiger partial charge is 0.152 e. The van der Waals surface area contributed by atoms with Gasteiger partial charge in [-0.25, -0.2) is 0 Å². The molecule has 0 aromatic heterocycles. The van der Waals surface area contributed by atoms with Crippen molar-refractivity contribution in [2.45, 2.75) is 4.90 Å². The van der Waals surface area contributed by atoms with Crippen LogP contribution in [0.4, 0.5) is 5.69 Å². The van der Waals surface area contributed by atoms with E-state index in [9.17, 15) is 14.7 Å². The molecule has 3 aromatic carbocycles. The van der Waals surface area contributed by atoms with E-state index in [2.05, 4.69) is 9.46 Å². The molecule has 0 amide bonds. The van der Waals surface area contributed by atoms with Gasteiger partial charge in [0.1, 0.15) is 12.0 Å². The second-order valence-electron chi connectivity index (χ2n) is 5.87. The lowest BCUT2D eigenvalue weighted by molar-refractivity contribution is 0.111. The van der Waals surface area contributed by atoms with Gasteiger partial charge in [-0.1, -0.05) is 48.0 Å². The van der Waals surface area contributed by atoms with Gasteiger partial charge in [0.2, 0.25) is 0 Å². The van der Waals surface area contributed by atoms with E-state index in [1.807, 2.05) is 42.5 Å². The number of nitrogens with one attached hydrogen (secondary N) is 1. The van der Waals surface area contributed by atoms with Crippen molar-refractivity contribution in [1.29, 1.82) is 0 Å². The summed E-state index contributed by atoms with van der Waals surface area (Å²) in [6, 6.07) is 18.1. The molecule has 0 heterocycles. The number of anilines is 1. The standard InChI is InChI=1S/C20H14ClNO3S.C2H6O.CH4O/c21-17-8-13(11-23)9-19(20(17)25)26-22-18-10-15(6-7-16(18)12-24)14-4-2-1-3-5-14;1-3-2;1-2/h1-12,22,25H;1-2H3;2H,1H3. The number of carbonyl (C=O) groups excluding carboxylic acids is 2. The van der Waals surface area contributed by atoms with Gasteiger partial charge in [-0.05, 0) is 47.3 Å². The zero-order valence-corrected chi connectivity index (χ0v) is 18.9. The Balaban J connectivity index is 0.000000884. The van der Waals surface area contributed by atoms with Crippen LogP contribution in [-0.2, 0) is 4.74 Å². The first-order valence-electron chi connectivity index (χ1n) is 8.94. The summed E-state index contributed by atoms with van der Waals surface area (Å²) in [4.78, 5) is 22.7. The van der Waals surface area contributed by atoms with Crippen LogP contribution in [0.15, 0.2) is 65.6 Å². The molecule has 0 aliphatic heterocycles. The van der Waals surface area contributed by atoms with Crippen LogP contribution < -0.4 is 4.72 Å². The van der Waals surface area contributed by atoms with Crippen molar-refractivity contribution in [3.63, 3.8) is 0 Å². The third-order valence-electron chi connectivity index (χ3n) is 3.75. The van der Waals surface area contributed by atoms with Gasteiger partial charge < -0.3 is 19.7 Å². The van der Waals surface area contributed by atoms with E-state index >= 15 is 0 Å². The molecule has 0 atom stereocenters. The molecule has 0 radical (unpaired) electrons. The molecule has 3 rings (SSSR count). The third-order valence-corrected chi connectivity index (χ3v) is 4.89. The summed E-state index contributed by atoms with van der Waals surface area (Å²) in [5.41, 5.74) is 3.40. The summed E-state index contributed by atoms with van der Waals surface area (Å²) in [6.45, 7) is 0. The van der Waals surface area contributed by atoms with Gasteiger partial charge in [-0.2, -0.15) is 0 Å². The van der Waals surface area contributed by atoms with E-state index in [0.717, 1.165) is 36.5 Å². The minimum atomic E-state index is -0.123. The van der Waals surface area contributed by atoms with Gasteiger partial charge in [0.05, 0.1) is 15.6 Å². The van der Waals surface area contributed by atoms with Gasteiger partial charge in [0.25, 0.3) is 0 Å². The van der Waals surface area contributed by atoms with Gasteiger partial charge >= 0.3 is 0 Å². The Morgan fingerprint density at radius 3 is 2.16 bits per heavy atom. The number of hydrogen-bond donors (Lipinski definition) is 3. The third kappa shape index (κ3) is 7.73. The largest absolute Gasteiger partial charge is 0.505 e. The minimum absolute atomic E-state index is 0.0903. The zero-order chi connectivity index (χ0) is 23.2. The Kier molecular flexibility index (Phi) is 12.0. The number of aldehydes is 2. The van der Waals surface area contributed by atoms with Crippen LogP contribution in [0.25, 0.3) is 11.1 Å². The van der Waals surface area contributed by atoms with Crippen LogP contribution >= 0.6 is 23.5 Å². The van der Waals surface area contributed by atoms with Gasteiger partial charge in [-0.15, -0.1) is 0 Å². The molecule has 0 saturated carbocycles. The molecule has 164 valence electrons. The maximum absolute atomic E-state index is 11.3. The summed E-state index contributed by atoms with van der Waals surface area (Å²) < 4.78 is 7.31. The lowest BCUT2D eigenvalue weighted by atomic mass is 10.0. The van der Waals surface area contributed by atoms with E-state index in [4.69, 9.17) is 16.7 Å². The van der Waals surface area contributed by atoms with Crippen LogP contribution in [0.5, 0.6) is 5.75 Å². The molecule has 0 bridgehead atoms. The number of aliphatic hydroxyl groups is 1. The molecule has 6 nitrogen and oxygen atoms in total. The number of halogens is 1. The van der Waals surface area contributed by atoms with Crippen molar-refractivity contribution in [1.82, 2.24) is 0 Å². The highest BCUT2D eigenvalue weighted by Gasteiger charge is 2.11. The number of rotatable bonds is 6. The number of phenols is 1. The fraction of sp³-hybridized carbons (Fsp3) is 0.130. The van der Waals surface area contributed by atoms with Crippen LogP contribution in [0.1, 0.15) is 20.7 Å². The number of ether oxygens (including phenoxy) is 1. The predicted octanol–water partition coefficient (Wildman–Crippen LogP) is 5.33. The van der Waals surface area contributed by atoms with Crippen LogP contribution in [-0.4, -0.2) is 44.1 Å². The first-order chi connectivity index (χ1) is 15.0. The molecule has 0 unspecified atom stereocenters. The summed E-state index contributed by atoms with van der Waals surface area (Å²) in [7, 11) is 4.25. The fourth-order valence-electron chi connectivity index (χ4n) is 2.41. The van der Waals surface area contributed by atoms with Crippen molar-refractivity contribution in [2.75, 3.05) is 26.1 Å². The lowest BCUT2D eigenvalue weighted by Gasteiger charge is -2.12. The number of methoxy groups -OCH3 is 1. The fourth-order valence-corrected chi connectivity index (χ4v) is 3.49. The maximum Gasteiger partial charge on any atom is 0.152 e. The van der Waals surface area contributed by atoms with Crippen LogP contribution in [0.3, 0.4) is 0 Å². The van der Waals surface area contributed by atoms with E-state index in [0.29, 0.717) is 28.0 Å². The molecule has 0 fully saturated rings. The first-order valence-corrected chi connectivity index (χ1v) is 10.1. The minimum Gasteiger partial charge on any atom is -0.505 e. The highest BCUT2D eigenvalue weighted by atomic mass is 35.5. The Bertz CT molecular complexity index is 983. The van der Waals surface area contributed by atoms with Gasteiger partial charge in [0.15, 0.2) is 6.29 Å². The zero-order valence-electron chi connectivity index (χ0n) is 17.3. The van der Waals surface area contributed by atoms with Crippen molar-refractivity contribution >= 4 is 41.8 Å². The molecule has 3 aromatic rings. The second-order valence-corrected chi connectivity index (χ2v) is 7.12. The van der Waals surface area contributed by atoms with Gasteiger partial charge in [0, 0.05) is 32.5 Å². The van der Waals surface area contributed by atoms with E-state index in [-0.39, 0.29) is 10.8 Å². The normalized spacial score (nSPS) is 9.45. The highest BCUT2D eigenvalue weighted by molar-refractivity contribution is 8.00. The number of carbonyl (C=O) groups is 2. The summed E-state index contributed by atoms with van der Waals surface area (Å²) in [5, 5.41) is 17.2. The average Bonchev–Trinajstić information content (AvgIpc) is 2.82. The molecule has 0 aliphatic carbocycles. The molecule has 0 saturated heterocycles. The van der Waals surface area contributed by atoms with Crippen LogP contribution in [0.2, 0.25) is 5.02 Å². The number of benzene rings is 3. The molecule has 0 spiro atoms. The predicted molar refractivity (Wildman–Crippen MR) is 126 cm³/mol. The monoisotopic (exact) mass is 461 g/mol. The number of aromatic hydroxyl groups is 1. The Morgan fingerprint density at radius 2 is 1.58 bits per heavy atom. The van der Waals surface area contributed by atoms with Crippen molar-refractivity contribution < 1.29 is 24.5 Å². The lowest BCUT2D eigenvalue weighted by Crippen LogP contribution is -1.95.